The van der Waals surface area contributed by atoms with Gasteiger partial charge in [0.2, 0.25) is 0 Å². The average Bonchev–Trinajstić information content (AvgIpc) is 2.63. The number of nitrogens with two attached hydrogens (primary N) is 1. The minimum Gasteiger partial charge on any atom is -0.480 e. The summed E-state index contributed by atoms with van der Waals surface area (Å²) >= 11 is 0. The number of nitrogens with zero attached hydrogens (tertiary/aromatic N) is 3. The molecule has 1 atom stereocenters. The molecule has 0 fully saturated rings. The summed E-state index contributed by atoms with van der Waals surface area (Å²) in [6.07, 6.45) is -3.78. The van der Waals surface area contributed by atoms with Gasteiger partial charge in [0.25, 0.3) is 0 Å². The standard InChI is InChI=1S/C9H13F3N4O2/c10-9(11,12)2-1-3-16-5-6(14-15-16)4-7(13)8(17)18/h5,7H,1-4,13H2,(H,17,18). The Hall–Kier alpha value is -1.64. The molecule has 1 rings (SSSR count). The Bertz CT molecular complexity index is 405. The maximum Gasteiger partial charge on any atom is 0.389 e. The molecule has 0 saturated carbocycles. The second kappa shape index (κ2) is 5.80. The van der Waals surface area contributed by atoms with Crippen molar-refractivity contribution in [1.29, 1.82) is 0 Å². The van der Waals surface area contributed by atoms with E-state index in [0.29, 0.717) is 5.69 Å². The van der Waals surface area contributed by atoms with Crippen molar-refractivity contribution < 1.29 is 23.1 Å². The molecule has 0 aliphatic carbocycles. The molecule has 1 aromatic rings. The predicted molar refractivity (Wildman–Crippen MR) is 54.6 cm³/mol. The van der Waals surface area contributed by atoms with Crippen LogP contribution in [0.15, 0.2) is 6.20 Å². The zero-order valence-electron chi connectivity index (χ0n) is 9.39. The van der Waals surface area contributed by atoms with Gasteiger partial charge in [-0.2, -0.15) is 13.2 Å². The summed E-state index contributed by atoms with van der Waals surface area (Å²) < 4.78 is 36.9. The Labute approximate surface area is 101 Å². The first-order valence-corrected chi connectivity index (χ1v) is 5.22. The van der Waals surface area contributed by atoms with E-state index in [1.54, 1.807) is 0 Å². The third kappa shape index (κ3) is 5.13. The van der Waals surface area contributed by atoms with Crippen molar-refractivity contribution in [2.75, 3.05) is 0 Å². The van der Waals surface area contributed by atoms with E-state index in [4.69, 9.17) is 10.8 Å². The molecule has 0 amide bonds. The molecule has 1 aromatic heterocycles. The fourth-order valence-corrected chi connectivity index (χ4v) is 1.30. The summed E-state index contributed by atoms with van der Waals surface area (Å²) in [7, 11) is 0. The molecule has 3 N–H and O–H groups in total. The molecule has 6 nitrogen and oxygen atoms in total. The lowest BCUT2D eigenvalue weighted by Gasteiger charge is -2.05. The summed E-state index contributed by atoms with van der Waals surface area (Å²) in [5, 5.41) is 15.8. The van der Waals surface area contributed by atoms with Crippen LogP contribution < -0.4 is 5.73 Å². The normalized spacial score (nSPS) is 13.6. The Kier molecular flexibility index (Phi) is 4.65. The monoisotopic (exact) mass is 266 g/mol. The number of aryl methyl sites for hydroxylation is 1. The second-order valence-corrected chi connectivity index (χ2v) is 3.84. The van der Waals surface area contributed by atoms with Crippen LogP contribution in [0.1, 0.15) is 18.5 Å². The second-order valence-electron chi connectivity index (χ2n) is 3.84. The van der Waals surface area contributed by atoms with Gasteiger partial charge < -0.3 is 10.8 Å². The van der Waals surface area contributed by atoms with E-state index in [0.717, 1.165) is 0 Å². The van der Waals surface area contributed by atoms with Crippen LogP contribution in [0.4, 0.5) is 13.2 Å². The molecule has 0 saturated heterocycles. The Morgan fingerprint density at radius 2 is 2.22 bits per heavy atom. The molecule has 0 spiro atoms. The van der Waals surface area contributed by atoms with Crippen LogP contribution in [-0.2, 0) is 17.8 Å². The van der Waals surface area contributed by atoms with Crippen molar-refractivity contribution in [1.82, 2.24) is 15.0 Å². The third-order valence-corrected chi connectivity index (χ3v) is 2.18. The van der Waals surface area contributed by atoms with Gasteiger partial charge in [0.15, 0.2) is 0 Å². The summed E-state index contributed by atoms with van der Waals surface area (Å²) in [5.41, 5.74) is 5.63. The summed E-state index contributed by atoms with van der Waals surface area (Å²) in [4.78, 5) is 10.5. The van der Waals surface area contributed by atoms with Crippen LogP contribution in [-0.4, -0.2) is 38.3 Å². The highest BCUT2D eigenvalue weighted by Gasteiger charge is 2.26. The van der Waals surface area contributed by atoms with Gasteiger partial charge in [-0.1, -0.05) is 5.21 Å². The number of halogens is 3. The van der Waals surface area contributed by atoms with Gasteiger partial charge in [0, 0.05) is 25.6 Å². The summed E-state index contributed by atoms with van der Waals surface area (Å²) in [6, 6.07) is -1.09. The highest BCUT2D eigenvalue weighted by molar-refractivity contribution is 5.73. The molecular weight excluding hydrogens is 253 g/mol. The first kappa shape index (κ1) is 14.4. The summed E-state index contributed by atoms with van der Waals surface area (Å²) in [6.45, 7) is 0.0782. The lowest BCUT2D eigenvalue weighted by Crippen LogP contribution is -2.32. The van der Waals surface area contributed by atoms with Crippen molar-refractivity contribution in [3.05, 3.63) is 11.9 Å². The minimum atomic E-state index is -4.19. The Morgan fingerprint density at radius 3 is 2.78 bits per heavy atom. The van der Waals surface area contributed by atoms with Crippen molar-refractivity contribution in [2.24, 2.45) is 5.73 Å². The van der Waals surface area contributed by atoms with Gasteiger partial charge in [-0.15, -0.1) is 5.10 Å². The fraction of sp³-hybridized carbons (Fsp3) is 0.667. The minimum absolute atomic E-state index is 0.00535. The number of carbonyl (C=O) groups is 1. The number of hydrogen-bond acceptors (Lipinski definition) is 4. The van der Waals surface area contributed by atoms with Crippen LogP contribution in [0.5, 0.6) is 0 Å². The van der Waals surface area contributed by atoms with E-state index in [1.165, 1.54) is 10.9 Å². The van der Waals surface area contributed by atoms with Gasteiger partial charge in [0.05, 0.1) is 5.69 Å². The van der Waals surface area contributed by atoms with Gasteiger partial charge in [-0.25, -0.2) is 0 Å². The molecule has 1 unspecified atom stereocenters. The number of aliphatic carboxylic acids is 1. The topological polar surface area (TPSA) is 94.0 Å². The number of alkyl halides is 3. The van der Waals surface area contributed by atoms with Crippen molar-refractivity contribution in [3.63, 3.8) is 0 Å². The summed E-state index contributed by atoms with van der Waals surface area (Å²) in [5.74, 6) is -1.17. The first-order valence-electron chi connectivity index (χ1n) is 5.22. The zero-order valence-corrected chi connectivity index (χ0v) is 9.39. The molecule has 0 aliphatic rings. The third-order valence-electron chi connectivity index (χ3n) is 2.18. The molecule has 0 aromatic carbocycles. The lowest BCUT2D eigenvalue weighted by molar-refractivity contribution is -0.138. The van der Waals surface area contributed by atoms with E-state index in [2.05, 4.69) is 10.3 Å². The largest absolute Gasteiger partial charge is 0.480 e. The van der Waals surface area contributed by atoms with E-state index < -0.39 is 24.6 Å². The van der Waals surface area contributed by atoms with Crippen LogP contribution in [0.2, 0.25) is 0 Å². The van der Waals surface area contributed by atoms with Crippen LogP contribution in [0.3, 0.4) is 0 Å². The maximum atomic E-state index is 11.9. The van der Waals surface area contributed by atoms with Crippen molar-refractivity contribution in [2.45, 2.75) is 38.0 Å². The molecule has 18 heavy (non-hydrogen) atoms. The first-order chi connectivity index (χ1) is 8.28. The van der Waals surface area contributed by atoms with Crippen molar-refractivity contribution in [3.8, 4) is 0 Å². The maximum absolute atomic E-state index is 11.9. The van der Waals surface area contributed by atoms with Gasteiger partial charge in [-0.3, -0.25) is 9.48 Å². The number of hydrogen-bond donors (Lipinski definition) is 2. The predicted octanol–water partition coefficient (Wildman–Crippen LogP) is 0.575. The van der Waals surface area contributed by atoms with Gasteiger partial charge in [-0.05, 0) is 6.42 Å². The number of carboxylic acids is 1. The van der Waals surface area contributed by atoms with Gasteiger partial charge in [0.1, 0.15) is 6.04 Å². The van der Waals surface area contributed by atoms with Crippen LogP contribution >= 0.6 is 0 Å². The number of aromatic nitrogens is 3. The molecule has 1 heterocycles. The SMILES string of the molecule is NC(Cc1cn(CCCC(F)(F)F)nn1)C(=O)O. The Balaban J connectivity index is 2.41. The van der Waals surface area contributed by atoms with E-state index in [-0.39, 0.29) is 19.4 Å². The van der Waals surface area contributed by atoms with Crippen LogP contribution in [0, 0.1) is 0 Å². The molecule has 0 bridgehead atoms. The van der Waals surface area contributed by atoms with E-state index in [9.17, 15) is 18.0 Å². The average molecular weight is 266 g/mol. The smallest absolute Gasteiger partial charge is 0.389 e. The van der Waals surface area contributed by atoms with E-state index >= 15 is 0 Å². The van der Waals surface area contributed by atoms with Crippen molar-refractivity contribution >= 4 is 5.97 Å². The van der Waals surface area contributed by atoms with Crippen LogP contribution in [0.25, 0.3) is 0 Å². The fourth-order valence-electron chi connectivity index (χ4n) is 1.30. The number of rotatable bonds is 6. The van der Waals surface area contributed by atoms with Gasteiger partial charge >= 0.3 is 12.1 Å². The highest BCUT2D eigenvalue weighted by atomic mass is 19.4. The quantitative estimate of drug-likeness (QED) is 0.785. The Morgan fingerprint density at radius 1 is 1.56 bits per heavy atom. The lowest BCUT2D eigenvalue weighted by atomic mass is 10.2. The van der Waals surface area contributed by atoms with E-state index in [1.807, 2.05) is 0 Å². The molecule has 9 heteroatoms. The molecule has 0 radical (unpaired) electrons. The molecular formula is C9H13F3N4O2. The molecule has 102 valence electrons. The highest BCUT2D eigenvalue weighted by Crippen LogP contribution is 2.21. The zero-order chi connectivity index (χ0) is 13.8. The molecule has 0 aliphatic heterocycles. The number of carboxylic acid groups (broad SMARTS) is 1.